The van der Waals surface area contributed by atoms with Crippen molar-refractivity contribution in [2.75, 3.05) is 0 Å². The summed E-state index contributed by atoms with van der Waals surface area (Å²) in [6.07, 6.45) is 1.25. The van der Waals surface area contributed by atoms with Gasteiger partial charge in [0.2, 0.25) is 0 Å². The molecule has 0 aliphatic rings. The van der Waals surface area contributed by atoms with Crippen LogP contribution >= 0.6 is 11.6 Å². The Bertz CT molecular complexity index is 570. The molecule has 2 heteroatoms. The lowest BCUT2D eigenvalue weighted by molar-refractivity contribution is 1.04. The van der Waals surface area contributed by atoms with Crippen LogP contribution in [0.5, 0.6) is 0 Å². The predicted molar refractivity (Wildman–Crippen MR) is 86.1 cm³/mol. The van der Waals surface area contributed by atoms with Gasteiger partial charge in [-0.3, -0.25) is 0 Å². The van der Waals surface area contributed by atoms with Crippen LogP contribution in [0.2, 0.25) is 5.02 Å². The van der Waals surface area contributed by atoms with Crippen molar-refractivity contribution in [3.63, 3.8) is 0 Å². The highest BCUT2D eigenvalue weighted by Crippen LogP contribution is 2.30. The SMILES string of the molecule is CCC.Cc1ccc(C(C#N)c2ccccc2)c(Cl)c1. The largest absolute Gasteiger partial charge is 0.197 e. The van der Waals surface area contributed by atoms with Gasteiger partial charge >= 0.3 is 0 Å². The summed E-state index contributed by atoms with van der Waals surface area (Å²) in [6, 6.07) is 17.8. The molecule has 0 radical (unpaired) electrons. The number of benzene rings is 2. The zero-order chi connectivity index (χ0) is 15.0. The van der Waals surface area contributed by atoms with Gasteiger partial charge in [0.25, 0.3) is 0 Å². The first-order valence-electron chi connectivity index (χ1n) is 6.84. The van der Waals surface area contributed by atoms with Gasteiger partial charge in [-0.2, -0.15) is 5.26 Å². The fourth-order valence-electron chi connectivity index (χ4n) is 1.84. The maximum Gasteiger partial charge on any atom is 0.0977 e. The fraction of sp³-hybridized carbons (Fsp3) is 0.278. The average molecular weight is 286 g/mol. The molecule has 0 spiro atoms. The van der Waals surface area contributed by atoms with Crippen LogP contribution in [0.25, 0.3) is 0 Å². The first-order valence-corrected chi connectivity index (χ1v) is 7.22. The van der Waals surface area contributed by atoms with Crippen LogP contribution in [-0.4, -0.2) is 0 Å². The molecule has 0 N–H and O–H groups in total. The highest BCUT2D eigenvalue weighted by atomic mass is 35.5. The van der Waals surface area contributed by atoms with Crippen LogP contribution in [0, 0.1) is 18.3 Å². The molecule has 2 aromatic rings. The standard InChI is InChI=1S/C15H12ClN.C3H8/c1-11-7-8-13(15(16)9-11)14(10-17)12-5-3-2-4-6-12;1-3-2/h2-9,14H,1H3;3H2,1-2H3. The number of aryl methyl sites for hydroxylation is 1. The van der Waals surface area contributed by atoms with Gasteiger partial charge in [0, 0.05) is 5.02 Å². The predicted octanol–water partition coefficient (Wildman–Crippen LogP) is 5.72. The normalized spacial score (nSPS) is 10.9. The topological polar surface area (TPSA) is 23.8 Å². The van der Waals surface area contributed by atoms with Crippen molar-refractivity contribution in [1.82, 2.24) is 0 Å². The van der Waals surface area contributed by atoms with E-state index >= 15 is 0 Å². The molecular formula is C18H20ClN. The summed E-state index contributed by atoms with van der Waals surface area (Å²) in [5.41, 5.74) is 2.94. The van der Waals surface area contributed by atoms with E-state index in [1.165, 1.54) is 6.42 Å². The first-order chi connectivity index (χ1) is 9.63. The molecular weight excluding hydrogens is 266 g/mol. The molecule has 20 heavy (non-hydrogen) atoms. The van der Waals surface area contributed by atoms with E-state index in [4.69, 9.17) is 11.6 Å². The minimum absolute atomic E-state index is 0.302. The van der Waals surface area contributed by atoms with Crippen molar-refractivity contribution < 1.29 is 0 Å². The number of nitrogens with zero attached hydrogens (tertiary/aromatic N) is 1. The molecule has 2 aromatic carbocycles. The minimum atomic E-state index is -0.302. The monoisotopic (exact) mass is 285 g/mol. The Morgan fingerprint density at radius 2 is 1.70 bits per heavy atom. The molecule has 0 aliphatic carbocycles. The summed E-state index contributed by atoms with van der Waals surface area (Å²) >= 11 is 6.20. The van der Waals surface area contributed by atoms with E-state index in [0.717, 1.165) is 16.7 Å². The highest BCUT2D eigenvalue weighted by molar-refractivity contribution is 6.31. The summed E-state index contributed by atoms with van der Waals surface area (Å²) in [7, 11) is 0. The number of rotatable bonds is 2. The van der Waals surface area contributed by atoms with Gasteiger partial charge in [0.1, 0.15) is 0 Å². The third kappa shape index (κ3) is 4.40. The molecule has 1 nitrogen and oxygen atoms in total. The van der Waals surface area contributed by atoms with Crippen LogP contribution in [0.1, 0.15) is 42.9 Å². The van der Waals surface area contributed by atoms with Gasteiger partial charge in [0.05, 0.1) is 12.0 Å². The Hall–Kier alpha value is -1.78. The summed E-state index contributed by atoms with van der Waals surface area (Å²) in [6.45, 7) is 6.24. The van der Waals surface area contributed by atoms with Crippen molar-refractivity contribution in [3.05, 3.63) is 70.2 Å². The maximum absolute atomic E-state index is 9.32. The van der Waals surface area contributed by atoms with Gasteiger partial charge in [-0.1, -0.05) is 74.3 Å². The van der Waals surface area contributed by atoms with Gasteiger partial charge in [-0.15, -0.1) is 0 Å². The van der Waals surface area contributed by atoms with Gasteiger partial charge in [-0.25, -0.2) is 0 Å². The van der Waals surface area contributed by atoms with Crippen LogP contribution in [0.3, 0.4) is 0 Å². The van der Waals surface area contributed by atoms with Crippen LogP contribution in [0.15, 0.2) is 48.5 Å². The quantitative estimate of drug-likeness (QED) is 0.692. The summed E-state index contributed by atoms with van der Waals surface area (Å²) in [5, 5.41) is 9.97. The Morgan fingerprint density at radius 1 is 1.10 bits per heavy atom. The lowest BCUT2D eigenvalue weighted by Gasteiger charge is -2.12. The number of halogens is 1. The molecule has 0 fully saturated rings. The van der Waals surface area contributed by atoms with Crippen LogP contribution < -0.4 is 0 Å². The molecule has 0 aromatic heterocycles. The van der Waals surface area contributed by atoms with E-state index in [9.17, 15) is 5.26 Å². The zero-order valence-electron chi connectivity index (χ0n) is 12.2. The molecule has 0 saturated carbocycles. The first kappa shape index (κ1) is 16.3. The van der Waals surface area contributed by atoms with Gasteiger partial charge in [0.15, 0.2) is 0 Å². The molecule has 0 amide bonds. The van der Waals surface area contributed by atoms with E-state index < -0.39 is 0 Å². The molecule has 1 unspecified atom stereocenters. The van der Waals surface area contributed by atoms with E-state index in [1.807, 2.05) is 55.5 Å². The zero-order valence-corrected chi connectivity index (χ0v) is 13.0. The van der Waals surface area contributed by atoms with Crippen molar-refractivity contribution in [3.8, 4) is 6.07 Å². The van der Waals surface area contributed by atoms with E-state index in [-0.39, 0.29) is 5.92 Å². The maximum atomic E-state index is 9.32. The van der Waals surface area contributed by atoms with Crippen LogP contribution in [-0.2, 0) is 0 Å². The summed E-state index contributed by atoms with van der Waals surface area (Å²) in [4.78, 5) is 0. The smallest absolute Gasteiger partial charge is 0.0977 e. The molecule has 1 atom stereocenters. The second-order valence-electron chi connectivity index (χ2n) is 4.70. The average Bonchev–Trinajstić information content (AvgIpc) is 2.44. The van der Waals surface area contributed by atoms with E-state index in [2.05, 4.69) is 19.9 Å². The molecule has 2 rings (SSSR count). The molecule has 0 heterocycles. The Labute approximate surface area is 126 Å². The molecule has 0 saturated heterocycles. The Kier molecular flexibility index (Phi) is 6.84. The lowest BCUT2D eigenvalue weighted by Crippen LogP contribution is -1.99. The molecule has 104 valence electrons. The Morgan fingerprint density at radius 3 is 2.20 bits per heavy atom. The number of nitriles is 1. The van der Waals surface area contributed by atoms with E-state index in [1.54, 1.807) is 0 Å². The van der Waals surface area contributed by atoms with Crippen molar-refractivity contribution >= 4 is 11.6 Å². The summed E-state index contributed by atoms with van der Waals surface area (Å²) in [5.74, 6) is -0.302. The Balaban J connectivity index is 0.000000612. The minimum Gasteiger partial charge on any atom is -0.197 e. The third-order valence-corrected chi connectivity index (χ3v) is 3.06. The molecule has 0 aliphatic heterocycles. The highest BCUT2D eigenvalue weighted by Gasteiger charge is 2.15. The second kappa shape index (κ2) is 8.40. The summed E-state index contributed by atoms with van der Waals surface area (Å²) < 4.78 is 0. The van der Waals surface area contributed by atoms with Crippen molar-refractivity contribution in [2.45, 2.75) is 33.1 Å². The lowest BCUT2D eigenvalue weighted by atomic mass is 9.92. The van der Waals surface area contributed by atoms with E-state index in [0.29, 0.717) is 5.02 Å². The number of hydrogen-bond donors (Lipinski definition) is 0. The van der Waals surface area contributed by atoms with Gasteiger partial charge in [-0.05, 0) is 29.7 Å². The van der Waals surface area contributed by atoms with Crippen LogP contribution in [0.4, 0.5) is 0 Å². The third-order valence-electron chi connectivity index (χ3n) is 2.73. The molecule has 0 bridgehead atoms. The fourth-order valence-corrected chi connectivity index (χ4v) is 2.18. The number of hydrogen-bond acceptors (Lipinski definition) is 1. The second-order valence-corrected chi connectivity index (χ2v) is 5.11. The van der Waals surface area contributed by atoms with Crippen molar-refractivity contribution in [1.29, 1.82) is 5.26 Å². The van der Waals surface area contributed by atoms with Gasteiger partial charge < -0.3 is 0 Å². The van der Waals surface area contributed by atoms with Crippen molar-refractivity contribution in [2.24, 2.45) is 0 Å².